The number of allylic oxidation sites excluding steroid dienone is 2. The number of benzene rings is 1. The van der Waals surface area contributed by atoms with Gasteiger partial charge in [-0.05, 0) is 31.9 Å². The maximum Gasteiger partial charge on any atom is 0.113 e. The van der Waals surface area contributed by atoms with E-state index in [0.717, 1.165) is 28.9 Å². The Morgan fingerprint density at radius 1 is 1.33 bits per heavy atom. The first-order valence-corrected chi connectivity index (χ1v) is 4.99. The van der Waals surface area contributed by atoms with Crippen molar-refractivity contribution in [2.45, 2.75) is 20.3 Å². The van der Waals surface area contributed by atoms with Crippen molar-refractivity contribution in [2.75, 3.05) is 12.0 Å². The van der Waals surface area contributed by atoms with Crippen molar-refractivity contribution in [1.29, 1.82) is 0 Å². The standard InChI is InChI=1S/C12H18N2O/c1-9(10(2)13)7-11-5-3-4-6-12(11)14-8-15/h3-6,14-15H,7-8,13H2,1-2H3/b10-9+. The fraction of sp³-hybridized carbons (Fsp3) is 0.333. The second-order valence-electron chi connectivity index (χ2n) is 3.63. The highest BCUT2D eigenvalue weighted by Crippen LogP contribution is 2.18. The normalized spacial score (nSPS) is 12.2. The van der Waals surface area contributed by atoms with E-state index in [1.807, 2.05) is 38.1 Å². The highest BCUT2D eigenvalue weighted by Gasteiger charge is 2.02. The number of hydrogen-bond acceptors (Lipinski definition) is 3. The fourth-order valence-electron chi connectivity index (χ4n) is 1.36. The van der Waals surface area contributed by atoms with Crippen molar-refractivity contribution in [3.63, 3.8) is 0 Å². The van der Waals surface area contributed by atoms with E-state index in [0.29, 0.717) is 0 Å². The van der Waals surface area contributed by atoms with E-state index in [2.05, 4.69) is 5.32 Å². The second-order valence-corrected chi connectivity index (χ2v) is 3.63. The Kier molecular flexibility index (Phi) is 4.18. The number of anilines is 1. The van der Waals surface area contributed by atoms with Gasteiger partial charge in [-0.25, -0.2) is 0 Å². The van der Waals surface area contributed by atoms with Gasteiger partial charge in [-0.2, -0.15) is 0 Å². The molecule has 3 heteroatoms. The minimum atomic E-state index is -0.0542. The lowest BCUT2D eigenvalue weighted by atomic mass is 10.0. The largest absolute Gasteiger partial charge is 0.402 e. The van der Waals surface area contributed by atoms with Gasteiger partial charge in [0.2, 0.25) is 0 Å². The molecule has 0 aliphatic heterocycles. The second kappa shape index (κ2) is 5.41. The van der Waals surface area contributed by atoms with Gasteiger partial charge in [-0.1, -0.05) is 23.8 Å². The van der Waals surface area contributed by atoms with Crippen LogP contribution in [0.15, 0.2) is 35.5 Å². The molecule has 1 aromatic rings. The maximum absolute atomic E-state index is 8.84. The molecule has 15 heavy (non-hydrogen) atoms. The molecule has 4 N–H and O–H groups in total. The lowest BCUT2D eigenvalue weighted by Gasteiger charge is -2.11. The van der Waals surface area contributed by atoms with Crippen LogP contribution in [0.3, 0.4) is 0 Å². The van der Waals surface area contributed by atoms with Gasteiger partial charge < -0.3 is 16.2 Å². The zero-order valence-corrected chi connectivity index (χ0v) is 9.25. The van der Waals surface area contributed by atoms with Crippen LogP contribution in [-0.4, -0.2) is 11.8 Å². The van der Waals surface area contributed by atoms with Crippen molar-refractivity contribution in [1.82, 2.24) is 0 Å². The molecule has 0 spiro atoms. The molecule has 0 atom stereocenters. The summed E-state index contributed by atoms with van der Waals surface area (Å²) in [7, 11) is 0. The third kappa shape index (κ3) is 3.29. The predicted molar refractivity (Wildman–Crippen MR) is 63.4 cm³/mol. The van der Waals surface area contributed by atoms with E-state index in [-0.39, 0.29) is 6.73 Å². The predicted octanol–water partition coefficient (Wildman–Crippen LogP) is 1.84. The van der Waals surface area contributed by atoms with Crippen LogP contribution in [0.5, 0.6) is 0 Å². The molecule has 0 aliphatic carbocycles. The van der Waals surface area contributed by atoms with Crippen molar-refractivity contribution in [3.05, 3.63) is 41.1 Å². The summed E-state index contributed by atoms with van der Waals surface area (Å²) in [5, 5.41) is 11.8. The summed E-state index contributed by atoms with van der Waals surface area (Å²) in [6.45, 7) is 3.86. The Morgan fingerprint density at radius 2 is 2.00 bits per heavy atom. The van der Waals surface area contributed by atoms with Gasteiger partial charge in [0.1, 0.15) is 6.73 Å². The molecule has 0 bridgehead atoms. The van der Waals surface area contributed by atoms with Gasteiger partial charge in [0.25, 0.3) is 0 Å². The molecule has 0 amide bonds. The smallest absolute Gasteiger partial charge is 0.113 e. The summed E-state index contributed by atoms with van der Waals surface area (Å²) in [4.78, 5) is 0. The Hall–Kier alpha value is -1.48. The van der Waals surface area contributed by atoms with Crippen molar-refractivity contribution >= 4 is 5.69 Å². The highest BCUT2D eigenvalue weighted by molar-refractivity contribution is 5.52. The molecule has 1 rings (SSSR count). The molecule has 0 fully saturated rings. The molecular weight excluding hydrogens is 188 g/mol. The topological polar surface area (TPSA) is 58.3 Å². The highest BCUT2D eigenvalue weighted by atomic mass is 16.3. The van der Waals surface area contributed by atoms with E-state index >= 15 is 0 Å². The van der Waals surface area contributed by atoms with E-state index < -0.39 is 0 Å². The lowest BCUT2D eigenvalue weighted by molar-refractivity contribution is 0.325. The Balaban J connectivity index is 2.89. The average molecular weight is 206 g/mol. The van der Waals surface area contributed by atoms with Crippen LogP contribution in [0.1, 0.15) is 19.4 Å². The Labute approximate surface area is 90.6 Å². The van der Waals surface area contributed by atoms with Crippen LogP contribution >= 0.6 is 0 Å². The first kappa shape index (κ1) is 11.6. The zero-order chi connectivity index (χ0) is 11.3. The first-order chi connectivity index (χ1) is 7.15. The van der Waals surface area contributed by atoms with Crippen molar-refractivity contribution in [2.24, 2.45) is 5.73 Å². The van der Waals surface area contributed by atoms with Crippen LogP contribution in [0.2, 0.25) is 0 Å². The Bertz CT molecular complexity index is 354. The van der Waals surface area contributed by atoms with Crippen LogP contribution in [0.4, 0.5) is 5.69 Å². The van der Waals surface area contributed by atoms with Gasteiger partial charge in [0, 0.05) is 11.4 Å². The number of para-hydroxylation sites is 1. The molecule has 0 heterocycles. The van der Waals surface area contributed by atoms with Gasteiger partial charge in [0.05, 0.1) is 0 Å². The van der Waals surface area contributed by atoms with Crippen LogP contribution in [0, 0.1) is 0 Å². The first-order valence-electron chi connectivity index (χ1n) is 4.99. The van der Waals surface area contributed by atoms with Crippen LogP contribution in [-0.2, 0) is 6.42 Å². The van der Waals surface area contributed by atoms with Crippen molar-refractivity contribution < 1.29 is 5.11 Å². The van der Waals surface area contributed by atoms with E-state index in [4.69, 9.17) is 10.8 Å². The molecule has 0 aromatic heterocycles. The van der Waals surface area contributed by atoms with Gasteiger partial charge in [0.15, 0.2) is 0 Å². The number of nitrogens with two attached hydrogens (primary N) is 1. The summed E-state index contributed by atoms with van der Waals surface area (Å²) in [5.74, 6) is 0. The SMILES string of the molecule is C/C(N)=C(/C)Cc1ccccc1NCO. The van der Waals surface area contributed by atoms with Gasteiger partial charge in [-0.3, -0.25) is 0 Å². The maximum atomic E-state index is 8.84. The molecule has 0 aliphatic rings. The number of aliphatic hydroxyl groups excluding tert-OH is 1. The summed E-state index contributed by atoms with van der Waals surface area (Å²) < 4.78 is 0. The molecule has 82 valence electrons. The molecule has 0 unspecified atom stereocenters. The molecule has 0 saturated heterocycles. The van der Waals surface area contributed by atoms with Crippen LogP contribution in [0.25, 0.3) is 0 Å². The fourth-order valence-corrected chi connectivity index (χ4v) is 1.36. The lowest BCUT2D eigenvalue weighted by Crippen LogP contribution is -2.04. The number of aliphatic hydroxyl groups is 1. The molecule has 0 radical (unpaired) electrons. The van der Waals surface area contributed by atoms with E-state index in [1.165, 1.54) is 0 Å². The summed E-state index contributed by atoms with van der Waals surface area (Å²) in [6.07, 6.45) is 0.811. The molecule has 3 nitrogen and oxygen atoms in total. The third-order valence-corrected chi connectivity index (χ3v) is 2.42. The number of nitrogens with one attached hydrogen (secondary N) is 1. The summed E-state index contributed by atoms with van der Waals surface area (Å²) >= 11 is 0. The Morgan fingerprint density at radius 3 is 2.60 bits per heavy atom. The molecule has 1 aromatic carbocycles. The average Bonchev–Trinajstić information content (AvgIpc) is 2.21. The quantitative estimate of drug-likeness (QED) is 0.659. The summed E-state index contributed by atoms with van der Waals surface area (Å²) in [6, 6.07) is 7.90. The number of rotatable bonds is 4. The van der Waals surface area contributed by atoms with Gasteiger partial charge >= 0.3 is 0 Å². The van der Waals surface area contributed by atoms with E-state index in [1.54, 1.807) is 0 Å². The van der Waals surface area contributed by atoms with Crippen molar-refractivity contribution in [3.8, 4) is 0 Å². The number of hydrogen-bond donors (Lipinski definition) is 3. The summed E-state index contributed by atoms with van der Waals surface area (Å²) in [5.41, 5.74) is 9.83. The molecule has 0 saturated carbocycles. The minimum absolute atomic E-state index is 0.0542. The zero-order valence-electron chi connectivity index (χ0n) is 9.25. The van der Waals surface area contributed by atoms with E-state index in [9.17, 15) is 0 Å². The minimum Gasteiger partial charge on any atom is -0.402 e. The van der Waals surface area contributed by atoms with Gasteiger partial charge in [-0.15, -0.1) is 0 Å². The third-order valence-electron chi connectivity index (χ3n) is 2.42. The molecular formula is C12H18N2O. The monoisotopic (exact) mass is 206 g/mol. The van der Waals surface area contributed by atoms with Crippen LogP contribution < -0.4 is 11.1 Å².